The summed E-state index contributed by atoms with van der Waals surface area (Å²) in [6.45, 7) is 2.46. The van der Waals surface area contributed by atoms with Gasteiger partial charge < -0.3 is 14.2 Å². The van der Waals surface area contributed by atoms with Crippen LogP contribution in [0, 0.1) is 0 Å². The number of methoxy groups -OCH3 is 2. The third-order valence-electron chi connectivity index (χ3n) is 3.06. The summed E-state index contributed by atoms with van der Waals surface area (Å²) < 4.78 is 15.8. The lowest BCUT2D eigenvalue weighted by Gasteiger charge is -2.10. The molecule has 2 aromatic rings. The summed E-state index contributed by atoms with van der Waals surface area (Å²) in [5.41, 5.74) is 1.05. The minimum atomic E-state index is -0.115. The van der Waals surface area contributed by atoms with E-state index in [0.717, 1.165) is 0 Å². The van der Waals surface area contributed by atoms with E-state index in [1.807, 2.05) is 13.0 Å². The van der Waals surface area contributed by atoms with Crippen molar-refractivity contribution in [1.29, 1.82) is 0 Å². The Hall–Kier alpha value is -2.49. The summed E-state index contributed by atoms with van der Waals surface area (Å²) in [6, 6.07) is 12.2. The van der Waals surface area contributed by atoms with Crippen molar-refractivity contribution in [3.63, 3.8) is 0 Å². The van der Waals surface area contributed by atoms with Gasteiger partial charge in [0, 0.05) is 11.6 Å². The van der Waals surface area contributed by atoms with Crippen LogP contribution >= 0.6 is 0 Å². The Kier molecular flexibility index (Phi) is 4.82. The molecule has 2 rings (SSSR count). The number of carbonyl (C=O) groups excluding carboxylic acids is 1. The van der Waals surface area contributed by atoms with Gasteiger partial charge in [0.1, 0.15) is 17.2 Å². The Balaban J connectivity index is 2.37. The number of rotatable bonds is 6. The van der Waals surface area contributed by atoms with E-state index in [4.69, 9.17) is 14.2 Å². The molecule has 0 aliphatic heterocycles. The molecule has 0 aliphatic carbocycles. The maximum absolute atomic E-state index is 12.6. The molecule has 0 aromatic heterocycles. The first-order valence-electron chi connectivity index (χ1n) is 6.69. The third kappa shape index (κ3) is 3.34. The summed E-state index contributed by atoms with van der Waals surface area (Å²) in [6.07, 6.45) is 0. The highest BCUT2D eigenvalue weighted by molar-refractivity contribution is 6.11. The molecule has 0 spiro atoms. The highest BCUT2D eigenvalue weighted by Gasteiger charge is 2.15. The molecule has 0 saturated carbocycles. The minimum absolute atomic E-state index is 0.115. The van der Waals surface area contributed by atoms with Crippen LogP contribution in [0.15, 0.2) is 42.5 Å². The lowest BCUT2D eigenvalue weighted by Crippen LogP contribution is -2.05. The van der Waals surface area contributed by atoms with Gasteiger partial charge in [0.2, 0.25) is 0 Å². The molecule has 0 atom stereocenters. The second-order valence-electron chi connectivity index (χ2n) is 4.36. The van der Waals surface area contributed by atoms with Crippen molar-refractivity contribution in [3.8, 4) is 17.2 Å². The van der Waals surface area contributed by atoms with Crippen LogP contribution in [0.3, 0.4) is 0 Å². The van der Waals surface area contributed by atoms with Crippen LogP contribution in [-0.2, 0) is 0 Å². The van der Waals surface area contributed by atoms with Gasteiger partial charge in [-0.25, -0.2) is 0 Å². The molecule has 0 unspecified atom stereocenters. The van der Waals surface area contributed by atoms with Crippen molar-refractivity contribution < 1.29 is 19.0 Å². The van der Waals surface area contributed by atoms with Gasteiger partial charge in [-0.3, -0.25) is 4.79 Å². The maximum atomic E-state index is 12.6. The van der Waals surface area contributed by atoms with Crippen molar-refractivity contribution in [2.75, 3.05) is 20.8 Å². The first-order valence-corrected chi connectivity index (χ1v) is 6.69. The van der Waals surface area contributed by atoms with Gasteiger partial charge in [0.25, 0.3) is 0 Å². The number of ketones is 1. The van der Waals surface area contributed by atoms with Gasteiger partial charge in [-0.1, -0.05) is 12.1 Å². The number of hydrogen-bond acceptors (Lipinski definition) is 4. The van der Waals surface area contributed by atoms with E-state index >= 15 is 0 Å². The first kappa shape index (κ1) is 14.9. The molecule has 4 heteroatoms. The average molecular weight is 286 g/mol. The van der Waals surface area contributed by atoms with Crippen LogP contribution in [0.5, 0.6) is 17.2 Å². The topological polar surface area (TPSA) is 44.8 Å². The first-order chi connectivity index (χ1) is 10.2. The molecule has 0 aliphatic rings. The Labute approximate surface area is 124 Å². The number of carbonyl (C=O) groups is 1. The van der Waals surface area contributed by atoms with E-state index in [1.165, 1.54) is 7.11 Å². The Morgan fingerprint density at radius 1 is 1.00 bits per heavy atom. The van der Waals surface area contributed by atoms with E-state index in [2.05, 4.69) is 0 Å². The average Bonchev–Trinajstić information content (AvgIpc) is 2.54. The van der Waals surface area contributed by atoms with Crippen LogP contribution < -0.4 is 14.2 Å². The molecule has 0 fully saturated rings. The van der Waals surface area contributed by atoms with Crippen molar-refractivity contribution in [2.24, 2.45) is 0 Å². The normalized spacial score (nSPS) is 10.0. The third-order valence-corrected chi connectivity index (χ3v) is 3.06. The largest absolute Gasteiger partial charge is 0.497 e. The fourth-order valence-corrected chi connectivity index (χ4v) is 2.04. The van der Waals surface area contributed by atoms with Gasteiger partial charge in [-0.2, -0.15) is 0 Å². The lowest BCUT2D eigenvalue weighted by atomic mass is 10.0. The minimum Gasteiger partial charge on any atom is -0.497 e. The van der Waals surface area contributed by atoms with E-state index in [-0.39, 0.29) is 5.78 Å². The van der Waals surface area contributed by atoms with E-state index in [9.17, 15) is 4.79 Å². The Morgan fingerprint density at radius 2 is 1.81 bits per heavy atom. The summed E-state index contributed by atoms with van der Waals surface area (Å²) >= 11 is 0. The van der Waals surface area contributed by atoms with E-state index in [0.29, 0.717) is 35.0 Å². The molecule has 0 N–H and O–H groups in total. The van der Waals surface area contributed by atoms with Crippen molar-refractivity contribution >= 4 is 5.78 Å². The van der Waals surface area contributed by atoms with Gasteiger partial charge in [-0.15, -0.1) is 0 Å². The van der Waals surface area contributed by atoms with Crippen molar-refractivity contribution in [1.82, 2.24) is 0 Å². The predicted molar refractivity (Wildman–Crippen MR) is 80.6 cm³/mol. The van der Waals surface area contributed by atoms with Crippen molar-refractivity contribution in [2.45, 2.75) is 6.92 Å². The maximum Gasteiger partial charge on any atom is 0.196 e. The molecular formula is C17H18O4. The predicted octanol–water partition coefficient (Wildman–Crippen LogP) is 3.33. The van der Waals surface area contributed by atoms with Gasteiger partial charge in [0.15, 0.2) is 5.78 Å². The molecule has 0 amide bonds. The molecular weight excluding hydrogens is 268 g/mol. The summed E-state index contributed by atoms with van der Waals surface area (Å²) in [5, 5.41) is 0. The lowest BCUT2D eigenvalue weighted by molar-refractivity contribution is 0.103. The highest BCUT2D eigenvalue weighted by atomic mass is 16.5. The molecule has 110 valence electrons. The van der Waals surface area contributed by atoms with Crippen LogP contribution in [0.2, 0.25) is 0 Å². The molecule has 2 aromatic carbocycles. The van der Waals surface area contributed by atoms with E-state index in [1.54, 1.807) is 43.5 Å². The van der Waals surface area contributed by atoms with Crippen LogP contribution in [0.4, 0.5) is 0 Å². The molecule has 21 heavy (non-hydrogen) atoms. The molecule has 0 radical (unpaired) electrons. The van der Waals surface area contributed by atoms with Gasteiger partial charge in [0.05, 0.1) is 26.4 Å². The van der Waals surface area contributed by atoms with Crippen LogP contribution in [0.25, 0.3) is 0 Å². The van der Waals surface area contributed by atoms with Gasteiger partial charge in [-0.05, 0) is 31.2 Å². The Bertz CT molecular complexity index is 634. The highest BCUT2D eigenvalue weighted by Crippen LogP contribution is 2.27. The fourth-order valence-electron chi connectivity index (χ4n) is 2.04. The smallest absolute Gasteiger partial charge is 0.196 e. The van der Waals surface area contributed by atoms with Crippen LogP contribution in [0.1, 0.15) is 22.8 Å². The molecule has 0 heterocycles. The second-order valence-corrected chi connectivity index (χ2v) is 4.36. The summed E-state index contributed by atoms with van der Waals surface area (Å²) in [7, 11) is 3.10. The molecule has 4 nitrogen and oxygen atoms in total. The van der Waals surface area contributed by atoms with Crippen LogP contribution in [-0.4, -0.2) is 26.6 Å². The van der Waals surface area contributed by atoms with Gasteiger partial charge >= 0.3 is 0 Å². The quantitative estimate of drug-likeness (QED) is 0.764. The molecule has 0 bridgehead atoms. The zero-order valence-electron chi connectivity index (χ0n) is 12.4. The molecule has 0 saturated heterocycles. The SMILES string of the molecule is CCOc1cccc(C(=O)c2ccc(OC)cc2OC)c1. The standard InChI is InChI=1S/C17H18O4/c1-4-21-14-7-5-6-12(10-14)17(18)15-9-8-13(19-2)11-16(15)20-3/h5-11H,4H2,1-3H3. The fraction of sp³-hybridized carbons (Fsp3) is 0.235. The monoisotopic (exact) mass is 286 g/mol. The number of hydrogen-bond donors (Lipinski definition) is 0. The number of ether oxygens (including phenoxy) is 3. The zero-order chi connectivity index (χ0) is 15.2. The summed E-state index contributed by atoms with van der Waals surface area (Å²) in [5.74, 6) is 1.69. The second kappa shape index (κ2) is 6.79. The van der Waals surface area contributed by atoms with E-state index < -0.39 is 0 Å². The van der Waals surface area contributed by atoms with Crippen molar-refractivity contribution in [3.05, 3.63) is 53.6 Å². The Morgan fingerprint density at radius 3 is 2.48 bits per heavy atom. The number of benzene rings is 2. The summed E-state index contributed by atoms with van der Waals surface area (Å²) in [4.78, 5) is 12.6. The zero-order valence-corrected chi connectivity index (χ0v) is 12.4.